The summed E-state index contributed by atoms with van der Waals surface area (Å²) in [6, 6.07) is 4.71. The average molecular weight is 275 g/mol. The number of rotatable bonds is 4. The molecule has 0 radical (unpaired) electrons. The zero-order chi connectivity index (χ0) is 13.0. The molecule has 0 atom stereocenters. The van der Waals surface area contributed by atoms with Crippen molar-refractivity contribution in [1.82, 2.24) is 0 Å². The summed E-state index contributed by atoms with van der Waals surface area (Å²) in [6.07, 6.45) is 0.614. The summed E-state index contributed by atoms with van der Waals surface area (Å²) in [5.74, 6) is -2.53. The number of hydrogen-bond acceptors (Lipinski definition) is 2. The van der Waals surface area contributed by atoms with Crippen molar-refractivity contribution in [3.8, 4) is 0 Å². The van der Waals surface area contributed by atoms with E-state index >= 15 is 0 Å². The number of benzene rings is 1. The maximum absolute atomic E-state index is 10.8. The van der Waals surface area contributed by atoms with Crippen LogP contribution in [0.25, 0.3) is 6.08 Å². The van der Waals surface area contributed by atoms with Gasteiger partial charge in [-0.2, -0.15) is 0 Å². The number of carbonyl (C=O) groups is 2. The van der Waals surface area contributed by atoms with Crippen LogP contribution in [-0.4, -0.2) is 22.2 Å². The summed E-state index contributed by atoms with van der Waals surface area (Å²) in [7, 11) is 0. The molecule has 4 nitrogen and oxygen atoms in total. The first-order valence-electron chi connectivity index (χ1n) is 4.51. The lowest BCUT2D eigenvalue weighted by Gasteiger charge is -2.03. The summed E-state index contributed by atoms with van der Waals surface area (Å²) in [5.41, 5.74) is 0.111. The molecule has 0 fully saturated rings. The highest BCUT2D eigenvalue weighted by Gasteiger charge is 2.13. The second-order valence-electron chi connectivity index (χ2n) is 3.19. The van der Waals surface area contributed by atoms with Crippen LogP contribution in [-0.2, 0) is 9.59 Å². The number of aliphatic carboxylic acids is 2. The molecule has 1 rings (SSSR count). The minimum atomic E-state index is -1.30. The van der Waals surface area contributed by atoms with Gasteiger partial charge in [-0.1, -0.05) is 35.3 Å². The first kappa shape index (κ1) is 13.5. The van der Waals surface area contributed by atoms with Gasteiger partial charge in [0.15, 0.2) is 0 Å². The minimum absolute atomic E-state index is 0.193. The van der Waals surface area contributed by atoms with Crippen molar-refractivity contribution in [2.75, 3.05) is 0 Å². The zero-order valence-electron chi connectivity index (χ0n) is 8.48. The van der Waals surface area contributed by atoms with Crippen LogP contribution < -0.4 is 0 Å². The van der Waals surface area contributed by atoms with Crippen LogP contribution in [0, 0.1) is 0 Å². The number of halogens is 2. The van der Waals surface area contributed by atoms with Crippen LogP contribution in [0.2, 0.25) is 10.0 Å². The van der Waals surface area contributed by atoms with Gasteiger partial charge < -0.3 is 10.2 Å². The fraction of sp³-hybridized carbons (Fsp3) is 0.0909. The van der Waals surface area contributed by atoms with Gasteiger partial charge in [0.05, 0.1) is 16.5 Å². The van der Waals surface area contributed by atoms with Gasteiger partial charge in [-0.3, -0.25) is 4.79 Å². The predicted octanol–water partition coefficient (Wildman–Crippen LogP) is 2.94. The highest BCUT2D eigenvalue weighted by Crippen LogP contribution is 2.27. The average Bonchev–Trinajstić information content (AvgIpc) is 2.22. The molecule has 0 aliphatic rings. The quantitative estimate of drug-likeness (QED) is 0.828. The van der Waals surface area contributed by atoms with E-state index in [2.05, 4.69) is 0 Å². The summed E-state index contributed by atoms with van der Waals surface area (Å²) in [6.45, 7) is 0. The molecule has 0 saturated heterocycles. The number of hydrogen-bond donors (Lipinski definition) is 2. The van der Waals surface area contributed by atoms with E-state index < -0.39 is 18.4 Å². The Morgan fingerprint density at radius 3 is 2.41 bits per heavy atom. The van der Waals surface area contributed by atoms with Gasteiger partial charge in [0, 0.05) is 5.57 Å². The molecule has 17 heavy (non-hydrogen) atoms. The molecule has 0 unspecified atom stereocenters. The molecule has 1 aromatic rings. The lowest BCUT2D eigenvalue weighted by molar-refractivity contribution is -0.139. The van der Waals surface area contributed by atoms with E-state index in [0.29, 0.717) is 5.56 Å². The molecule has 0 spiro atoms. The van der Waals surface area contributed by atoms with Crippen molar-refractivity contribution in [2.45, 2.75) is 6.42 Å². The van der Waals surface area contributed by atoms with Crippen molar-refractivity contribution in [1.29, 1.82) is 0 Å². The van der Waals surface area contributed by atoms with Gasteiger partial charge in [0.1, 0.15) is 0 Å². The SMILES string of the molecule is O=C(O)C/C(=C\c1cccc(Cl)c1Cl)C(=O)O. The molecule has 0 amide bonds. The van der Waals surface area contributed by atoms with Gasteiger partial charge in [-0.25, -0.2) is 4.79 Å². The smallest absolute Gasteiger partial charge is 0.332 e. The second-order valence-corrected chi connectivity index (χ2v) is 3.97. The summed E-state index contributed by atoms with van der Waals surface area (Å²) >= 11 is 11.6. The lowest BCUT2D eigenvalue weighted by Crippen LogP contribution is -2.06. The molecular formula is C11H8Cl2O4. The molecule has 0 saturated carbocycles. The Morgan fingerprint density at radius 2 is 1.88 bits per heavy atom. The number of carboxylic acid groups (broad SMARTS) is 2. The lowest BCUT2D eigenvalue weighted by atomic mass is 10.1. The van der Waals surface area contributed by atoms with Crippen molar-refractivity contribution < 1.29 is 19.8 Å². The molecular weight excluding hydrogens is 267 g/mol. The fourth-order valence-electron chi connectivity index (χ4n) is 1.17. The normalized spacial score (nSPS) is 11.3. The second kappa shape index (κ2) is 5.70. The Hall–Kier alpha value is -1.52. The molecule has 0 heterocycles. The summed E-state index contributed by atoms with van der Waals surface area (Å²) in [5, 5.41) is 17.9. The highest BCUT2D eigenvalue weighted by molar-refractivity contribution is 6.42. The Kier molecular flexibility index (Phi) is 4.54. The van der Waals surface area contributed by atoms with E-state index in [1.807, 2.05) is 0 Å². The molecule has 6 heteroatoms. The van der Waals surface area contributed by atoms with E-state index in [4.69, 9.17) is 33.4 Å². The van der Waals surface area contributed by atoms with E-state index in [0.717, 1.165) is 0 Å². The third-order valence-electron chi connectivity index (χ3n) is 1.93. The van der Waals surface area contributed by atoms with E-state index in [1.165, 1.54) is 6.08 Å². The molecule has 1 aromatic carbocycles. The van der Waals surface area contributed by atoms with Gasteiger partial charge in [0.2, 0.25) is 0 Å². The Bertz CT molecular complexity index is 494. The Labute approximate surface area is 107 Å². The van der Waals surface area contributed by atoms with Crippen LogP contribution in [0.15, 0.2) is 23.8 Å². The van der Waals surface area contributed by atoms with Crippen LogP contribution in [0.3, 0.4) is 0 Å². The maximum atomic E-state index is 10.8. The van der Waals surface area contributed by atoms with Gasteiger partial charge in [-0.05, 0) is 17.7 Å². The minimum Gasteiger partial charge on any atom is -0.481 e. The Balaban J connectivity index is 3.17. The maximum Gasteiger partial charge on any atom is 0.332 e. The van der Waals surface area contributed by atoms with E-state index in [-0.39, 0.29) is 15.6 Å². The Morgan fingerprint density at radius 1 is 1.24 bits per heavy atom. The topological polar surface area (TPSA) is 74.6 Å². The van der Waals surface area contributed by atoms with Gasteiger partial charge >= 0.3 is 11.9 Å². The van der Waals surface area contributed by atoms with Crippen LogP contribution in [0.1, 0.15) is 12.0 Å². The van der Waals surface area contributed by atoms with Gasteiger partial charge in [0.25, 0.3) is 0 Å². The molecule has 0 aliphatic heterocycles. The predicted molar refractivity (Wildman–Crippen MR) is 64.3 cm³/mol. The first-order valence-corrected chi connectivity index (χ1v) is 5.27. The zero-order valence-corrected chi connectivity index (χ0v) is 10.00. The summed E-state index contributed by atoms with van der Waals surface area (Å²) in [4.78, 5) is 21.3. The van der Waals surface area contributed by atoms with E-state index in [9.17, 15) is 9.59 Å². The van der Waals surface area contributed by atoms with Crippen molar-refractivity contribution >= 4 is 41.2 Å². The fourth-order valence-corrected chi connectivity index (χ4v) is 1.53. The monoisotopic (exact) mass is 274 g/mol. The summed E-state index contributed by atoms with van der Waals surface area (Å²) < 4.78 is 0. The molecule has 0 aromatic heterocycles. The first-order chi connectivity index (χ1) is 7.91. The molecule has 2 N–H and O–H groups in total. The van der Waals surface area contributed by atoms with Crippen LogP contribution in [0.5, 0.6) is 0 Å². The third kappa shape index (κ3) is 3.76. The number of carboxylic acids is 2. The van der Waals surface area contributed by atoms with Crippen LogP contribution >= 0.6 is 23.2 Å². The van der Waals surface area contributed by atoms with Crippen LogP contribution in [0.4, 0.5) is 0 Å². The van der Waals surface area contributed by atoms with Gasteiger partial charge in [-0.15, -0.1) is 0 Å². The largest absolute Gasteiger partial charge is 0.481 e. The highest BCUT2D eigenvalue weighted by atomic mass is 35.5. The van der Waals surface area contributed by atoms with Crippen molar-refractivity contribution in [3.63, 3.8) is 0 Å². The van der Waals surface area contributed by atoms with Crippen molar-refractivity contribution in [2.24, 2.45) is 0 Å². The standard InChI is InChI=1S/C11H8Cl2O4/c12-8-3-1-2-6(10(8)13)4-7(11(16)17)5-9(14)15/h1-4H,5H2,(H,14,15)(H,16,17)/b7-4+. The molecule has 0 aliphatic carbocycles. The van der Waals surface area contributed by atoms with Crippen molar-refractivity contribution in [3.05, 3.63) is 39.4 Å². The molecule has 0 bridgehead atoms. The molecule has 90 valence electrons. The van der Waals surface area contributed by atoms with E-state index in [1.54, 1.807) is 18.2 Å². The third-order valence-corrected chi connectivity index (χ3v) is 2.76.